The molecule has 0 atom stereocenters. The zero-order chi connectivity index (χ0) is 21.0. The van der Waals surface area contributed by atoms with E-state index in [1.807, 2.05) is 13.0 Å². The third-order valence-electron chi connectivity index (χ3n) is 3.85. The van der Waals surface area contributed by atoms with E-state index >= 15 is 0 Å². The van der Waals surface area contributed by atoms with Gasteiger partial charge in [0.2, 0.25) is 0 Å². The number of furan rings is 1. The molecule has 0 spiro atoms. The summed E-state index contributed by atoms with van der Waals surface area (Å²) in [6.45, 7) is 2.35. The third-order valence-corrected chi connectivity index (χ3v) is 4.65. The summed E-state index contributed by atoms with van der Waals surface area (Å²) in [7, 11) is 1.57. The maximum Gasteiger partial charge on any atom is 0.307 e. The first-order valence-electron chi connectivity index (χ1n) is 8.44. The van der Waals surface area contributed by atoms with Gasteiger partial charge in [-0.2, -0.15) is 5.10 Å². The molecule has 150 valence electrons. The highest BCUT2D eigenvalue weighted by Gasteiger charge is 2.15. The molecule has 0 aliphatic carbocycles. The molecule has 0 saturated heterocycles. The van der Waals surface area contributed by atoms with Gasteiger partial charge in [-0.3, -0.25) is 14.9 Å². The van der Waals surface area contributed by atoms with Crippen LogP contribution >= 0.6 is 22.6 Å². The Morgan fingerprint density at radius 1 is 1.34 bits per heavy atom. The van der Waals surface area contributed by atoms with E-state index in [4.69, 9.17) is 13.9 Å². The van der Waals surface area contributed by atoms with Crippen LogP contribution in [0.2, 0.25) is 0 Å². The van der Waals surface area contributed by atoms with E-state index in [2.05, 4.69) is 33.1 Å². The van der Waals surface area contributed by atoms with Gasteiger partial charge in [0.25, 0.3) is 5.69 Å². The third kappa shape index (κ3) is 4.65. The van der Waals surface area contributed by atoms with Crippen LogP contribution in [0.5, 0.6) is 11.5 Å². The van der Waals surface area contributed by atoms with Crippen molar-refractivity contribution < 1.29 is 23.6 Å². The molecule has 0 fully saturated rings. The molecule has 0 bridgehead atoms. The van der Waals surface area contributed by atoms with E-state index < -0.39 is 10.8 Å². The highest BCUT2D eigenvalue weighted by molar-refractivity contribution is 14.1. The first kappa shape index (κ1) is 20.6. The maximum atomic E-state index is 12.3. The first-order chi connectivity index (χ1) is 13.9. The Balaban J connectivity index is 1.75. The monoisotopic (exact) mass is 509 g/mol. The van der Waals surface area contributed by atoms with Crippen LogP contribution in [0.4, 0.5) is 5.69 Å². The second kappa shape index (κ2) is 8.90. The number of non-ortho nitro benzene ring substituents is 1. The van der Waals surface area contributed by atoms with Gasteiger partial charge < -0.3 is 13.9 Å². The fourth-order valence-corrected chi connectivity index (χ4v) is 3.45. The zero-order valence-electron chi connectivity index (χ0n) is 15.5. The van der Waals surface area contributed by atoms with E-state index in [9.17, 15) is 14.9 Å². The zero-order valence-corrected chi connectivity index (χ0v) is 17.6. The number of nitro benzene ring substituents is 1. The van der Waals surface area contributed by atoms with Gasteiger partial charge in [-0.15, -0.1) is 0 Å². The average molecular weight is 509 g/mol. The summed E-state index contributed by atoms with van der Waals surface area (Å²) < 4.78 is 17.2. The molecule has 1 aromatic heterocycles. The van der Waals surface area contributed by atoms with Crippen LogP contribution in [0.25, 0.3) is 11.0 Å². The van der Waals surface area contributed by atoms with Crippen LogP contribution in [0.3, 0.4) is 0 Å². The largest absolute Gasteiger partial charge is 0.492 e. The van der Waals surface area contributed by atoms with Crippen molar-refractivity contribution in [1.29, 1.82) is 0 Å². The lowest BCUT2D eigenvalue weighted by Crippen LogP contribution is -2.16. The van der Waals surface area contributed by atoms with Crippen LogP contribution in [-0.2, 0) is 0 Å². The van der Waals surface area contributed by atoms with E-state index in [0.717, 1.165) is 3.57 Å². The number of hydrogen-bond donors (Lipinski definition) is 1. The van der Waals surface area contributed by atoms with Crippen molar-refractivity contribution >= 4 is 51.4 Å². The topological polar surface area (TPSA) is 116 Å². The summed E-state index contributed by atoms with van der Waals surface area (Å²) in [6.07, 6.45) is 1.47. The molecule has 3 aromatic rings. The predicted octanol–water partition coefficient (Wildman–Crippen LogP) is 4.12. The number of benzene rings is 2. The van der Waals surface area contributed by atoms with Crippen LogP contribution in [0.1, 0.15) is 23.0 Å². The van der Waals surface area contributed by atoms with Gasteiger partial charge in [0, 0.05) is 17.5 Å². The van der Waals surface area contributed by atoms with Crippen molar-refractivity contribution in [1.82, 2.24) is 5.43 Å². The summed E-state index contributed by atoms with van der Waals surface area (Å²) in [6, 6.07) is 9.11. The van der Waals surface area contributed by atoms with Gasteiger partial charge in [-0.05, 0) is 59.3 Å². The van der Waals surface area contributed by atoms with Crippen LogP contribution in [-0.4, -0.2) is 30.8 Å². The minimum Gasteiger partial charge on any atom is -0.492 e. The number of nitrogens with one attached hydrogen (secondary N) is 1. The van der Waals surface area contributed by atoms with Crippen molar-refractivity contribution in [2.24, 2.45) is 5.10 Å². The summed E-state index contributed by atoms with van der Waals surface area (Å²) in [5.41, 5.74) is 3.37. The lowest BCUT2D eigenvalue weighted by Gasteiger charge is -2.11. The standard InChI is InChI=1S/C19H16IN3O6/c1-3-28-16-7-11(6-14(20)18(16)27-2)10-21-22-19(24)17-9-12-8-13(23(25)26)4-5-15(12)29-17/h4-10H,3H2,1-2H3,(H,22,24)/b21-10-. The number of fused-ring (bicyclic) bond motifs is 1. The molecule has 10 heteroatoms. The molecule has 3 rings (SSSR count). The molecule has 0 saturated carbocycles. The highest BCUT2D eigenvalue weighted by atomic mass is 127. The number of ether oxygens (including phenoxy) is 2. The number of carbonyl (C=O) groups is 1. The van der Waals surface area contributed by atoms with Gasteiger partial charge >= 0.3 is 5.91 Å². The summed E-state index contributed by atoms with van der Waals surface area (Å²) in [5.74, 6) is 0.629. The van der Waals surface area contributed by atoms with E-state index in [1.165, 1.54) is 30.5 Å². The molecule has 0 aliphatic rings. The maximum absolute atomic E-state index is 12.3. The molecule has 0 aliphatic heterocycles. The minimum atomic E-state index is -0.576. The minimum absolute atomic E-state index is 0.00281. The first-order valence-corrected chi connectivity index (χ1v) is 9.52. The Morgan fingerprint density at radius 3 is 2.83 bits per heavy atom. The smallest absolute Gasteiger partial charge is 0.307 e. The van der Waals surface area contributed by atoms with Crippen molar-refractivity contribution in [2.75, 3.05) is 13.7 Å². The van der Waals surface area contributed by atoms with Crippen molar-refractivity contribution in [3.8, 4) is 11.5 Å². The Bertz CT molecular complexity index is 1110. The molecule has 0 unspecified atom stereocenters. The van der Waals surface area contributed by atoms with E-state index in [1.54, 1.807) is 13.2 Å². The quantitative estimate of drug-likeness (QED) is 0.222. The lowest BCUT2D eigenvalue weighted by molar-refractivity contribution is -0.384. The predicted molar refractivity (Wildman–Crippen MR) is 115 cm³/mol. The normalized spacial score (nSPS) is 11.0. The van der Waals surface area contributed by atoms with E-state index in [0.29, 0.717) is 34.6 Å². The molecule has 9 nitrogen and oxygen atoms in total. The van der Waals surface area contributed by atoms with Crippen LogP contribution in [0, 0.1) is 13.7 Å². The Hall–Kier alpha value is -3.15. The number of amides is 1. The second-order valence-electron chi connectivity index (χ2n) is 5.76. The van der Waals surface area contributed by atoms with Crippen molar-refractivity contribution in [2.45, 2.75) is 6.92 Å². The fourth-order valence-electron chi connectivity index (χ4n) is 2.60. The number of halogens is 1. The molecule has 1 heterocycles. The summed E-state index contributed by atoms with van der Waals surface area (Å²) in [5, 5.41) is 15.2. The summed E-state index contributed by atoms with van der Waals surface area (Å²) >= 11 is 2.12. The molecule has 29 heavy (non-hydrogen) atoms. The number of nitro groups is 1. The lowest BCUT2D eigenvalue weighted by atomic mass is 10.2. The molecular formula is C19H16IN3O6. The van der Waals surface area contributed by atoms with E-state index in [-0.39, 0.29) is 11.4 Å². The van der Waals surface area contributed by atoms with Crippen LogP contribution in [0.15, 0.2) is 45.9 Å². The van der Waals surface area contributed by atoms with Crippen LogP contribution < -0.4 is 14.9 Å². The van der Waals surface area contributed by atoms with Crippen molar-refractivity contribution in [3.05, 3.63) is 61.4 Å². The number of rotatable bonds is 7. The van der Waals surface area contributed by atoms with Gasteiger partial charge in [0.1, 0.15) is 5.58 Å². The molecule has 0 radical (unpaired) electrons. The van der Waals surface area contributed by atoms with Gasteiger partial charge in [-0.1, -0.05) is 0 Å². The number of hydrogen-bond acceptors (Lipinski definition) is 7. The Kier molecular flexibility index (Phi) is 6.32. The fraction of sp³-hybridized carbons (Fsp3) is 0.158. The van der Waals surface area contributed by atoms with Gasteiger partial charge in [-0.25, -0.2) is 5.43 Å². The number of nitrogens with zero attached hydrogens (tertiary/aromatic N) is 2. The number of methoxy groups -OCH3 is 1. The number of hydrazone groups is 1. The number of carbonyl (C=O) groups excluding carboxylic acids is 1. The second-order valence-corrected chi connectivity index (χ2v) is 6.92. The molecule has 1 amide bonds. The average Bonchev–Trinajstić information content (AvgIpc) is 3.11. The van der Waals surface area contributed by atoms with Crippen molar-refractivity contribution in [3.63, 3.8) is 0 Å². The highest BCUT2D eigenvalue weighted by Crippen LogP contribution is 2.33. The van der Waals surface area contributed by atoms with Gasteiger partial charge in [0.15, 0.2) is 17.3 Å². The Morgan fingerprint density at radius 2 is 2.14 bits per heavy atom. The molecule has 2 aromatic carbocycles. The molecular weight excluding hydrogens is 493 g/mol. The Labute approximate surface area is 179 Å². The SMILES string of the molecule is CCOc1cc(/C=N\NC(=O)c2cc3cc([N+](=O)[O-])ccc3o2)cc(I)c1OC. The van der Waals surface area contributed by atoms with Gasteiger partial charge in [0.05, 0.1) is 28.4 Å². The molecule has 1 N–H and O–H groups in total. The summed E-state index contributed by atoms with van der Waals surface area (Å²) in [4.78, 5) is 22.6.